The Morgan fingerprint density at radius 3 is 2.50 bits per heavy atom. The SMILES string of the molecule is Cc1cc(-c2cn(C3CS(=O)(=O)C3)c3ccnc(Cl)c23)cc(OC2CCC(C(F)(F)F)CC2)n1. The highest BCUT2D eigenvalue weighted by atomic mass is 35.5. The number of aromatic nitrogens is 3. The molecule has 4 heterocycles. The first kappa shape index (κ1) is 23.4. The molecule has 0 bridgehead atoms. The van der Waals surface area contributed by atoms with Crippen molar-refractivity contribution < 1.29 is 26.3 Å². The summed E-state index contributed by atoms with van der Waals surface area (Å²) in [4.78, 5) is 8.63. The maximum Gasteiger partial charge on any atom is 0.391 e. The smallest absolute Gasteiger partial charge is 0.391 e. The molecular weight excluding hydrogens is 491 g/mol. The fourth-order valence-electron chi connectivity index (χ4n) is 4.92. The molecule has 34 heavy (non-hydrogen) atoms. The highest BCUT2D eigenvalue weighted by Gasteiger charge is 2.42. The van der Waals surface area contributed by atoms with Crippen LogP contribution in [-0.4, -0.2) is 46.7 Å². The zero-order valence-corrected chi connectivity index (χ0v) is 19.9. The van der Waals surface area contributed by atoms with Gasteiger partial charge in [-0.3, -0.25) is 0 Å². The Kier molecular flexibility index (Phi) is 5.79. The third-order valence-corrected chi connectivity index (χ3v) is 8.72. The minimum Gasteiger partial charge on any atom is -0.474 e. The lowest BCUT2D eigenvalue weighted by atomic mass is 9.87. The van der Waals surface area contributed by atoms with Crippen molar-refractivity contribution in [3.8, 4) is 17.0 Å². The molecule has 1 aliphatic heterocycles. The van der Waals surface area contributed by atoms with Crippen molar-refractivity contribution in [3.63, 3.8) is 0 Å². The van der Waals surface area contributed by atoms with Gasteiger partial charge < -0.3 is 9.30 Å². The molecule has 182 valence electrons. The molecule has 3 aromatic rings. The molecule has 1 saturated heterocycles. The van der Waals surface area contributed by atoms with Crippen molar-refractivity contribution in [2.24, 2.45) is 5.92 Å². The van der Waals surface area contributed by atoms with Crippen LogP contribution in [0.5, 0.6) is 5.88 Å². The molecule has 0 unspecified atom stereocenters. The van der Waals surface area contributed by atoms with Gasteiger partial charge in [0, 0.05) is 35.1 Å². The van der Waals surface area contributed by atoms with Gasteiger partial charge in [0.2, 0.25) is 5.88 Å². The second-order valence-corrected chi connectivity index (χ2v) is 11.7. The van der Waals surface area contributed by atoms with Gasteiger partial charge in [0.15, 0.2) is 9.84 Å². The van der Waals surface area contributed by atoms with E-state index in [0.29, 0.717) is 35.0 Å². The molecule has 0 atom stereocenters. The van der Waals surface area contributed by atoms with Crippen LogP contribution < -0.4 is 4.74 Å². The van der Waals surface area contributed by atoms with Gasteiger partial charge in [0.05, 0.1) is 29.0 Å². The fraction of sp³-hybridized carbons (Fsp3) is 0.478. The summed E-state index contributed by atoms with van der Waals surface area (Å²) in [6.45, 7) is 1.81. The van der Waals surface area contributed by atoms with Crippen LogP contribution in [0, 0.1) is 12.8 Å². The molecule has 0 amide bonds. The number of nitrogens with zero attached hydrogens (tertiary/aromatic N) is 3. The molecule has 3 aromatic heterocycles. The molecule has 0 N–H and O–H groups in total. The van der Waals surface area contributed by atoms with Crippen molar-refractivity contribution in [3.05, 3.63) is 41.4 Å². The third-order valence-electron chi connectivity index (χ3n) is 6.65. The highest BCUT2D eigenvalue weighted by molar-refractivity contribution is 7.92. The van der Waals surface area contributed by atoms with Gasteiger partial charge in [-0.2, -0.15) is 13.2 Å². The van der Waals surface area contributed by atoms with Gasteiger partial charge in [-0.15, -0.1) is 0 Å². The highest BCUT2D eigenvalue weighted by Crippen LogP contribution is 2.41. The number of hydrogen-bond acceptors (Lipinski definition) is 5. The normalized spacial score (nSPS) is 23.1. The third kappa shape index (κ3) is 4.49. The molecule has 11 heteroatoms. The lowest BCUT2D eigenvalue weighted by Gasteiger charge is -2.29. The van der Waals surface area contributed by atoms with Crippen LogP contribution in [-0.2, 0) is 9.84 Å². The van der Waals surface area contributed by atoms with Crippen molar-refractivity contribution >= 4 is 32.3 Å². The second kappa shape index (κ2) is 8.41. The van der Waals surface area contributed by atoms with E-state index in [2.05, 4.69) is 9.97 Å². The quantitative estimate of drug-likeness (QED) is 0.429. The van der Waals surface area contributed by atoms with E-state index in [1.165, 1.54) is 0 Å². The van der Waals surface area contributed by atoms with Crippen LogP contribution in [0.2, 0.25) is 5.15 Å². The van der Waals surface area contributed by atoms with E-state index in [-0.39, 0.29) is 36.5 Å². The lowest BCUT2D eigenvalue weighted by Crippen LogP contribution is -2.37. The maximum atomic E-state index is 13.0. The minimum atomic E-state index is -4.17. The van der Waals surface area contributed by atoms with E-state index >= 15 is 0 Å². The van der Waals surface area contributed by atoms with Gasteiger partial charge in [-0.25, -0.2) is 18.4 Å². The molecule has 2 fully saturated rings. The van der Waals surface area contributed by atoms with Crippen molar-refractivity contribution in [1.82, 2.24) is 14.5 Å². The van der Waals surface area contributed by atoms with Gasteiger partial charge in [0.25, 0.3) is 0 Å². The van der Waals surface area contributed by atoms with E-state index in [9.17, 15) is 21.6 Å². The standard InChI is InChI=1S/C23H23ClF3N3O3S/c1-13-8-14(9-20(29-13)33-17-4-2-15(3-5-17)23(25,26)27)18-10-30(16-11-34(31,32)12-16)19-6-7-28-22(24)21(18)19/h6-10,15-17H,2-5,11-12H2,1H3. The summed E-state index contributed by atoms with van der Waals surface area (Å²) in [5, 5.41) is 1.01. The van der Waals surface area contributed by atoms with Crippen LogP contribution in [0.1, 0.15) is 37.4 Å². The number of sulfone groups is 1. The fourth-order valence-corrected chi connectivity index (χ4v) is 6.57. The second-order valence-electron chi connectivity index (χ2n) is 9.15. The van der Waals surface area contributed by atoms with Crippen LogP contribution in [0.25, 0.3) is 22.0 Å². The first-order valence-corrected chi connectivity index (χ1v) is 13.3. The van der Waals surface area contributed by atoms with E-state index in [1.54, 1.807) is 18.3 Å². The lowest BCUT2D eigenvalue weighted by molar-refractivity contribution is -0.185. The molecule has 1 aliphatic carbocycles. The van der Waals surface area contributed by atoms with Crippen LogP contribution in [0.3, 0.4) is 0 Å². The summed E-state index contributed by atoms with van der Waals surface area (Å²) in [5.74, 6) is -0.789. The predicted molar refractivity (Wildman–Crippen MR) is 123 cm³/mol. The summed E-state index contributed by atoms with van der Waals surface area (Å²) in [5.41, 5.74) is 3.02. The predicted octanol–water partition coefficient (Wildman–Crippen LogP) is 5.53. The van der Waals surface area contributed by atoms with Crippen molar-refractivity contribution in [2.75, 3.05) is 11.5 Å². The van der Waals surface area contributed by atoms with Crippen molar-refractivity contribution in [2.45, 2.75) is 50.9 Å². The number of fused-ring (bicyclic) bond motifs is 1. The Balaban J connectivity index is 1.45. The number of pyridine rings is 2. The van der Waals surface area contributed by atoms with Gasteiger partial charge in [-0.1, -0.05) is 11.6 Å². The molecule has 0 aromatic carbocycles. The summed E-state index contributed by atoms with van der Waals surface area (Å²) >= 11 is 6.45. The van der Waals surface area contributed by atoms with E-state index < -0.39 is 21.9 Å². The Labute approximate surface area is 200 Å². The first-order chi connectivity index (χ1) is 16.0. The molecule has 5 rings (SSSR count). The maximum absolute atomic E-state index is 13.0. The van der Waals surface area contributed by atoms with Gasteiger partial charge in [-0.05, 0) is 50.3 Å². The van der Waals surface area contributed by atoms with Crippen LogP contribution >= 0.6 is 11.6 Å². The van der Waals surface area contributed by atoms with E-state index in [0.717, 1.165) is 16.6 Å². The molecular formula is C23H23ClF3N3O3S. The monoisotopic (exact) mass is 513 g/mol. The summed E-state index contributed by atoms with van der Waals surface area (Å²) < 4.78 is 70.4. The molecule has 2 aliphatic rings. The summed E-state index contributed by atoms with van der Waals surface area (Å²) in [6, 6.07) is 5.25. The zero-order chi connectivity index (χ0) is 24.3. The van der Waals surface area contributed by atoms with Crippen LogP contribution in [0.15, 0.2) is 30.6 Å². The van der Waals surface area contributed by atoms with Gasteiger partial charge >= 0.3 is 6.18 Å². The number of halogens is 4. The molecule has 0 spiro atoms. The average molecular weight is 514 g/mol. The van der Waals surface area contributed by atoms with Crippen molar-refractivity contribution in [1.29, 1.82) is 0 Å². The Morgan fingerprint density at radius 2 is 1.85 bits per heavy atom. The zero-order valence-electron chi connectivity index (χ0n) is 18.3. The Bertz CT molecular complexity index is 1340. The number of ether oxygens (including phenoxy) is 1. The number of alkyl halides is 3. The molecule has 1 saturated carbocycles. The van der Waals surface area contributed by atoms with E-state index in [1.807, 2.05) is 23.8 Å². The number of hydrogen-bond donors (Lipinski definition) is 0. The minimum absolute atomic E-state index is 0.0475. The summed E-state index contributed by atoms with van der Waals surface area (Å²) in [7, 11) is -3.03. The number of aryl methyl sites for hydroxylation is 1. The van der Waals surface area contributed by atoms with Crippen LogP contribution in [0.4, 0.5) is 13.2 Å². The van der Waals surface area contributed by atoms with E-state index in [4.69, 9.17) is 16.3 Å². The Morgan fingerprint density at radius 1 is 1.15 bits per heavy atom. The van der Waals surface area contributed by atoms with Gasteiger partial charge in [0.1, 0.15) is 11.3 Å². The first-order valence-electron chi connectivity index (χ1n) is 11.1. The number of rotatable bonds is 4. The summed E-state index contributed by atoms with van der Waals surface area (Å²) in [6.07, 6.45) is -0.293. The largest absolute Gasteiger partial charge is 0.474 e. The Hall–Kier alpha value is -2.33. The molecule has 0 radical (unpaired) electrons. The average Bonchev–Trinajstić information content (AvgIpc) is 3.12. The molecule has 6 nitrogen and oxygen atoms in total. The topological polar surface area (TPSA) is 74.1 Å².